The molecule has 5 nitrogen and oxygen atoms in total. The summed E-state index contributed by atoms with van der Waals surface area (Å²) in [5.41, 5.74) is 1.12. The zero-order chi connectivity index (χ0) is 15.5. The Morgan fingerprint density at radius 3 is 2.76 bits per heavy atom. The molecule has 0 spiro atoms. The van der Waals surface area contributed by atoms with Crippen LogP contribution in [0.15, 0.2) is 28.5 Å². The first kappa shape index (κ1) is 15.9. The van der Waals surface area contributed by atoms with Crippen molar-refractivity contribution in [3.8, 4) is 0 Å². The summed E-state index contributed by atoms with van der Waals surface area (Å²) >= 11 is 1.47. The first-order valence-corrected chi connectivity index (χ1v) is 8.66. The summed E-state index contributed by atoms with van der Waals surface area (Å²) in [7, 11) is -1.85. The monoisotopic (exact) mass is 329 g/mol. The fourth-order valence-electron chi connectivity index (χ4n) is 1.72. The van der Waals surface area contributed by atoms with Crippen molar-refractivity contribution in [1.29, 1.82) is 0 Å². The van der Waals surface area contributed by atoms with Gasteiger partial charge in [0.2, 0.25) is 10.0 Å². The van der Waals surface area contributed by atoms with Gasteiger partial charge < -0.3 is 5.32 Å². The second-order valence-corrected chi connectivity index (χ2v) is 7.08. The third-order valence-electron chi connectivity index (χ3n) is 2.88. The minimum atomic E-state index is -3.63. The van der Waals surface area contributed by atoms with Gasteiger partial charge in [-0.1, -0.05) is 0 Å². The second-order valence-electron chi connectivity index (χ2n) is 4.45. The molecule has 0 saturated carbocycles. The molecular weight excluding hydrogens is 313 g/mol. The van der Waals surface area contributed by atoms with Gasteiger partial charge in [0, 0.05) is 25.4 Å². The number of sulfonamides is 1. The SMILES string of the molecule is CNc1nc(CCNS(=O)(=O)c2ccc(F)c(C)c2)cs1. The van der Waals surface area contributed by atoms with E-state index in [1.54, 1.807) is 7.05 Å². The lowest BCUT2D eigenvalue weighted by molar-refractivity contribution is 0.580. The van der Waals surface area contributed by atoms with Crippen molar-refractivity contribution in [3.05, 3.63) is 40.7 Å². The normalized spacial score (nSPS) is 11.6. The van der Waals surface area contributed by atoms with Crippen LogP contribution in [0.5, 0.6) is 0 Å². The number of thiazole rings is 1. The molecule has 0 aliphatic heterocycles. The Bertz CT molecular complexity index is 729. The molecular formula is C13H16FN3O2S2. The van der Waals surface area contributed by atoms with Gasteiger partial charge in [-0.2, -0.15) is 0 Å². The van der Waals surface area contributed by atoms with E-state index in [0.29, 0.717) is 12.0 Å². The van der Waals surface area contributed by atoms with Crippen molar-refractivity contribution in [2.45, 2.75) is 18.2 Å². The van der Waals surface area contributed by atoms with Crippen LogP contribution in [0.25, 0.3) is 0 Å². The predicted octanol–water partition coefficient (Wildman–Crippen LogP) is 2.15. The van der Waals surface area contributed by atoms with E-state index in [-0.39, 0.29) is 11.4 Å². The first-order chi connectivity index (χ1) is 9.92. The standard InChI is InChI=1S/C13H16FN3O2S2/c1-9-7-11(3-4-12(9)14)21(18,19)16-6-5-10-8-20-13(15-2)17-10/h3-4,7-8,16H,5-6H2,1-2H3,(H,15,17). The Morgan fingerprint density at radius 2 is 2.14 bits per heavy atom. The molecule has 0 amide bonds. The van der Waals surface area contributed by atoms with E-state index in [4.69, 9.17) is 0 Å². The molecule has 0 fully saturated rings. The number of aryl methyl sites for hydroxylation is 1. The number of nitrogens with one attached hydrogen (secondary N) is 2. The van der Waals surface area contributed by atoms with Gasteiger partial charge in [0.1, 0.15) is 5.82 Å². The number of nitrogens with zero attached hydrogens (tertiary/aromatic N) is 1. The third kappa shape index (κ3) is 3.99. The molecule has 0 radical (unpaired) electrons. The van der Waals surface area contributed by atoms with E-state index >= 15 is 0 Å². The van der Waals surface area contributed by atoms with Crippen molar-refractivity contribution in [1.82, 2.24) is 9.71 Å². The molecule has 0 aliphatic carbocycles. The topological polar surface area (TPSA) is 71.1 Å². The van der Waals surface area contributed by atoms with E-state index in [1.807, 2.05) is 5.38 Å². The molecule has 0 aliphatic rings. The van der Waals surface area contributed by atoms with Gasteiger partial charge in [0.25, 0.3) is 0 Å². The lowest BCUT2D eigenvalue weighted by Crippen LogP contribution is -2.26. The summed E-state index contributed by atoms with van der Waals surface area (Å²) in [6.45, 7) is 1.77. The maximum Gasteiger partial charge on any atom is 0.240 e. The predicted molar refractivity (Wildman–Crippen MR) is 81.7 cm³/mol. The third-order valence-corrected chi connectivity index (χ3v) is 5.25. The van der Waals surface area contributed by atoms with Gasteiger partial charge in [0.05, 0.1) is 10.6 Å². The van der Waals surface area contributed by atoms with Crippen LogP contribution in [0.1, 0.15) is 11.3 Å². The zero-order valence-electron chi connectivity index (χ0n) is 11.7. The molecule has 8 heteroatoms. The summed E-state index contributed by atoms with van der Waals surface area (Å²) in [5.74, 6) is -0.420. The van der Waals surface area contributed by atoms with Crippen molar-refractivity contribution in [2.24, 2.45) is 0 Å². The first-order valence-electron chi connectivity index (χ1n) is 6.30. The van der Waals surface area contributed by atoms with Crippen LogP contribution in [-0.4, -0.2) is 27.0 Å². The summed E-state index contributed by atoms with van der Waals surface area (Å²) in [5, 5.41) is 5.60. The highest BCUT2D eigenvalue weighted by Crippen LogP contribution is 2.16. The highest BCUT2D eigenvalue weighted by Gasteiger charge is 2.15. The average Bonchev–Trinajstić information content (AvgIpc) is 2.89. The Balaban J connectivity index is 1.99. The van der Waals surface area contributed by atoms with E-state index in [0.717, 1.165) is 16.9 Å². The quantitative estimate of drug-likeness (QED) is 0.852. The zero-order valence-corrected chi connectivity index (χ0v) is 13.3. The number of anilines is 1. The molecule has 2 rings (SSSR count). The van der Waals surface area contributed by atoms with Crippen LogP contribution >= 0.6 is 11.3 Å². The minimum absolute atomic E-state index is 0.0654. The van der Waals surface area contributed by atoms with Crippen molar-refractivity contribution in [2.75, 3.05) is 18.9 Å². The van der Waals surface area contributed by atoms with Gasteiger partial charge in [0.15, 0.2) is 5.13 Å². The smallest absolute Gasteiger partial charge is 0.240 e. The Kier molecular flexibility index (Phi) is 4.92. The van der Waals surface area contributed by atoms with Gasteiger partial charge in [-0.15, -0.1) is 11.3 Å². The highest BCUT2D eigenvalue weighted by atomic mass is 32.2. The largest absolute Gasteiger partial charge is 0.365 e. The molecule has 0 unspecified atom stereocenters. The van der Waals surface area contributed by atoms with Gasteiger partial charge >= 0.3 is 0 Å². The lowest BCUT2D eigenvalue weighted by atomic mass is 10.2. The molecule has 0 bridgehead atoms. The van der Waals surface area contributed by atoms with E-state index in [9.17, 15) is 12.8 Å². The number of benzene rings is 1. The fourth-order valence-corrected chi connectivity index (χ4v) is 3.54. The van der Waals surface area contributed by atoms with E-state index in [2.05, 4.69) is 15.0 Å². The van der Waals surface area contributed by atoms with Crippen LogP contribution in [0.4, 0.5) is 9.52 Å². The highest BCUT2D eigenvalue weighted by molar-refractivity contribution is 7.89. The number of rotatable bonds is 6. The van der Waals surface area contributed by atoms with Crippen molar-refractivity contribution < 1.29 is 12.8 Å². The maximum atomic E-state index is 13.2. The Hall–Kier alpha value is -1.51. The maximum absolute atomic E-state index is 13.2. The summed E-state index contributed by atoms with van der Waals surface area (Å²) < 4.78 is 39.8. The Morgan fingerprint density at radius 1 is 1.38 bits per heavy atom. The van der Waals surface area contributed by atoms with Crippen LogP contribution in [0.3, 0.4) is 0 Å². The second kappa shape index (κ2) is 6.50. The number of halogens is 1. The summed E-state index contributed by atoms with van der Waals surface area (Å²) in [6, 6.07) is 3.73. The lowest BCUT2D eigenvalue weighted by Gasteiger charge is -2.07. The molecule has 1 aromatic heterocycles. The van der Waals surface area contributed by atoms with Crippen LogP contribution < -0.4 is 10.0 Å². The van der Waals surface area contributed by atoms with Crippen LogP contribution in [0, 0.1) is 12.7 Å². The molecule has 21 heavy (non-hydrogen) atoms. The van der Waals surface area contributed by atoms with Gasteiger partial charge in [-0.05, 0) is 30.7 Å². The summed E-state index contributed by atoms with van der Waals surface area (Å²) in [6.07, 6.45) is 0.498. The molecule has 2 aromatic rings. The number of hydrogen-bond donors (Lipinski definition) is 2. The van der Waals surface area contributed by atoms with E-state index < -0.39 is 15.8 Å². The molecule has 0 saturated heterocycles. The fraction of sp³-hybridized carbons (Fsp3) is 0.308. The van der Waals surface area contributed by atoms with Crippen molar-refractivity contribution in [3.63, 3.8) is 0 Å². The van der Waals surface area contributed by atoms with E-state index in [1.165, 1.54) is 30.4 Å². The van der Waals surface area contributed by atoms with Crippen LogP contribution in [0.2, 0.25) is 0 Å². The van der Waals surface area contributed by atoms with Crippen LogP contribution in [-0.2, 0) is 16.4 Å². The molecule has 1 heterocycles. The molecule has 2 N–H and O–H groups in total. The average molecular weight is 329 g/mol. The van der Waals surface area contributed by atoms with Gasteiger partial charge in [-0.25, -0.2) is 22.5 Å². The minimum Gasteiger partial charge on any atom is -0.365 e. The molecule has 114 valence electrons. The van der Waals surface area contributed by atoms with Crippen molar-refractivity contribution >= 4 is 26.5 Å². The number of hydrogen-bond acceptors (Lipinski definition) is 5. The Labute approximate surface area is 127 Å². The number of aromatic nitrogens is 1. The summed E-state index contributed by atoms with van der Waals surface area (Å²) in [4.78, 5) is 4.34. The molecule has 0 atom stereocenters. The molecule has 1 aromatic carbocycles. The van der Waals surface area contributed by atoms with Gasteiger partial charge in [-0.3, -0.25) is 0 Å².